The van der Waals surface area contributed by atoms with Gasteiger partial charge in [0, 0.05) is 35.8 Å². The zero-order chi connectivity index (χ0) is 20.6. The SMILES string of the molecule is O=C(/C=C/c1ccccc1)NCCc1c[nH]c2cc(OCc3ccccc3)ccc12. The van der Waals surface area contributed by atoms with Crippen molar-refractivity contribution in [3.8, 4) is 5.75 Å². The molecule has 0 atom stereocenters. The van der Waals surface area contributed by atoms with Crippen molar-refractivity contribution in [1.29, 1.82) is 0 Å². The van der Waals surface area contributed by atoms with E-state index in [2.05, 4.69) is 28.5 Å². The topological polar surface area (TPSA) is 54.1 Å². The van der Waals surface area contributed by atoms with Gasteiger partial charge in [0.2, 0.25) is 5.91 Å². The Kier molecular flexibility index (Phi) is 6.25. The molecule has 30 heavy (non-hydrogen) atoms. The van der Waals surface area contributed by atoms with E-state index in [-0.39, 0.29) is 5.91 Å². The van der Waals surface area contributed by atoms with Gasteiger partial charge in [0.25, 0.3) is 0 Å². The Morgan fingerprint density at radius 2 is 1.73 bits per heavy atom. The van der Waals surface area contributed by atoms with Crippen molar-refractivity contribution >= 4 is 22.9 Å². The van der Waals surface area contributed by atoms with Crippen molar-refractivity contribution in [2.45, 2.75) is 13.0 Å². The molecule has 0 fully saturated rings. The first-order valence-electron chi connectivity index (χ1n) is 10.1. The molecule has 4 aromatic rings. The molecule has 0 unspecified atom stereocenters. The monoisotopic (exact) mass is 396 g/mol. The van der Waals surface area contributed by atoms with E-state index in [0.29, 0.717) is 13.2 Å². The molecular weight excluding hydrogens is 372 g/mol. The number of rotatable bonds is 8. The van der Waals surface area contributed by atoms with Gasteiger partial charge in [-0.15, -0.1) is 0 Å². The second-order valence-corrected chi connectivity index (χ2v) is 7.08. The Morgan fingerprint density at radius 3 is 2.53 bits per heavy atom. The van der Waals surface area contributed by atoms with Crippen molar-refractivity contribution < 1.29 is 9.53 Å². The second kappa shape index (κ2) is 9.61. The van der Waals surface area contributed by atoms with Gasteiger partial charge in [0.05, 0.1) is 0 Å². The summed E-state index contributed by atoms with van der Waals surface area (Å²) in [5, 5.41) is 4.09. The van der Waals surface area contributed by atoms with Gasteiger partial charge in [-0.05, 0) is 41.3 Å². The number of ether oxygens (including phenoxy) is 1. The summed E-state index contributed by atoms with van der Waals surface area (Å²) in [6.45, 7) is 1.12. The number of hydrogen-bond donors (Lipinski definition) is 2. The first-order chi connectivity index (χ1) is 14.8. The van der Waals surface area contributed by atoms with Crippen LogP contribution in [0.15, 0.2) is 91.1 Å². The Hall–Kier alpha value is -3.79. The average Bonchev–Trinajstić information content (AvgIpc) is 3.20. The molecule has 2 N–H and O–H groups in total. The highest BCUT2D eigenvalue weighted by Gasteiger charge is 2.06. The van der Waals surface area contributed by atoms with Crippen LogP contribution in [0.4, 0.5) is 0 Å². The van der Waals surface area contributed by atoms with Gasteiger partial charge >= 0.3 is 0 Å². The predicted octanol–water partition coefficient (Wildman–Crippen LogP) is 5.12. The molecule has 0 bridgehead atoms. The zero-order valence-electron chi connectivity index (χ0n) is 16.7. The largest absolute Gasteiger partial charge is 0.489 e. The van der Waals surface area contributed by atoms with Crippen molar-refractivity contribution in [2.24, 2.45) is 0 Å². The van der Waals surface area contributed by atoms with Gasteiger partial charge in [0.15, 0.2) is 0 Å². The maximum absolute atomic E-state index is 12.0. The number of amides is 1. The number of carbonyl (C=O) groups excluding carboxylic acids is 1. The normalized spacial score (nSPS) is 11.1. The summed E-state index contributed by atoms with van der Waals surface area (Å²) in [5.41, 5.74) is 4.36. The van der Waals surface area contributed by atoms with Crippen LogP contribution in [-0.4, -0.2) is 17.4 Å². The van der Waals surface area contributed by atoms with E-state index in [1.54, 1.807) is 6.08 Å². The molecule has 0 radical (unpaired) electrons. The number of carbonyl (C=O) groups is 1. The van der Waals surface area contributed by atoms with Crippen LogP contribution in [0.1, 0.15) is 16.7 Å². The number of hydrogen-bond acceptors (Lipinski definition) is 2. The van der Waals surface area contributed by atoms with Crippen LogP contribution in [-0.2, 0) is 17.8 Å². The second-order valence-electron chi connectivity index (χ2n) is 7.08. The molecule has 0 aliphatic heterocycles. The van der Waals surface area contributed by atoms with E-state index in [4.69, 9.17) is 4.74 Å². The highest BCUT2D eigenvalue weighted by atomic mass is 16.5. The molecule has 1 heterocycles. The third-order valence-electron chi connectivity index (χ3n) is 4.91. The molecule has 0 aliphatic rings. The lowest BCUT2D eigenvalue weighted by atomic mass is 10.1. The fourth-order valence-corrected chi connectivity index (χ4v) is 3.32. The lowest BCUT2D eigenvalue weighted by molar-refractivity contribution is -0.116. The molecule has 3 aromatic carbocycles. The molecule has 1 amide bonds. The number of H-pyrrole nitrogens is 1. The van der Waals surface area contributed by atoms with Gasteiger partial charge in [0.1, 0.15) is 12.4 Å². The lowest BCUT2D eigenvalue weighted by Crippen LogP contribution is -2.23. The van der Waals surface area contributed by atoms with E-state index < -0.39 is 0 Å². The summed E-state index contributed by atoms with van der Waals surface area (Å²) in [6, 6.07) is 26.0. The smallest absolute Gasteiger partial charge is 0.244 e. The van der Waals surface area contributed by atoms with Crippen LogP contribution in [0, 0.1) is 0 Å². The van der Waals surface area contributed by atoms with Crippen LogP contribution >= 0.6 is 0 Å². The minimum absolute atomic E-state index is 0.0877. The van der Waals surface area contributed by atoms with Crippen LogP contribution in [0.3, 0.4) is 0 Å². The molecular formula is C26H24N2O2. The molecule has 1 aromatic heterocycles. The van der Waals surface area contributed by atoms with E-state index in [9.17, 15) is 4.79 Å². The fourth-order valence-electron chi connectivity index (χ4n) is 3.32. The Balaban J connectivity index is 1.30. The Labute approximate surface area is 176 Å². The third kappa shape index (κ3) is 5.17. The molecule has 4 heteroatoms. The van der Waals surface area contributed by atoms with Gasteiger partial charge in [-0.2, -0.15) is 0 Å². The number of fused-ring (bicyclic) bond motifs is 1. The molecule has 0 saturated heterocycles. The highest BCUT2D eigenvalue weighted by molar-refractivity contribution is 5.91. The van der Waals surface area contributed by atoms with Crippen molar-refractivity contribution in [2.75, 3.05) is 6.54 Å². The van der Waals surface area contributed by atoms with Crippen LogP contribution < -0.4 is 10.1 Å². The maximum Gasteiger partial charge on any atom is 0.244 e. The lowest BCUT2D eigenvalue weighted by Gasteiger charge is -2.07. The third-order valence-corrected chi connectivity index (χ3v) is 4.91. The average molecular weight is 396 g/mol. The first-order valence-corrected chi connectivity index (χ1v) is 10.1. The fraction of sp³-hybridized carbons (Fsp3) is 0.115. The van der Waals surface area contributed by atoms with Gasteiger partial charge in [-0.1, -0.05) is 60.7 Å². The summed E-state index contributed by atoms with van der Waals surface area (Å²) in [4.78, 5) is 15.3. The molecule has 0 spiro atoms. The maximum atomic E-state index is 12.0. The van der Waals surface area contributed by atoms with Gasteiger partial charge < -0.3 is 15.0 Å². The summed E-state index contributed by atoms with van der Waals surface area (Å²) in [6.07, 6.45) is 6.14. The highest BCUT2D eigenvalue weighted by Crippen LogP contribution is 2.24. The zero-order valence-corrected chi connectivity index (χ0v) is 16.7. The summed E-state index contributed by atoms with van der Waals surface area (Å²) in [5.74, 6) is 0.745. The minimum Gasteiger partial charge on any atom is -0.489 e. The Morgan fingerprint density at radius 1 is 0.967 bits per heavy atom. The number of nitrogens with one attached hydrogen (secondary N) is 2. The predicted molar refractivity (Wildman–Crippen MR) is 121 cm³/mol. The van der Waals surface area contributed by atoms with Crippen molar-refractivity contribution in [3.05, 3.63) is 108 Å². The van der Waals surface area contributed by atoms with E-state index in [1.807, 2.05) is 72.9 Å². The van der Waals surface area contributed by atoms with Gasteiger partial charge in [-0.25, -0.2) is 0 Å². The number of benzene rings is 3. The van der Waals surface area contributed by atoms with E-state index >= 15 is 0 Å². The number of aromatic nitrogens is 1. The van der Waals surface area contributed by atoms with Crippen LogP contribution in [0.25, 0.3) is 17.0 Å². The summed E-state index contributed by atoms with van der Waals surface area (Å²) >= 11 is 0. The molecule has 4 nitrogen and oxygen atoms in total. The van der Waals surface area contributed by atoms with E-state index in [1.165, 1.54) is 5.56 Å². The molecule has 0 saturated carbocycles. The van der Waals surface area contributed by atoms with Crippen LogP contribution in [0.5, 0.6) is 5.75 Å². The molecule has 0 aliphatic carbocycles. The van der Waals surface area contributed by atoms with Crippen molar-refractivity contribution in [3.63, 3.8) is 0 Å². The standard InChI is InChI=1S/C26H24N2O2/c29-26(14-11-20-7-3-1-4-8-20)27-16-15-22-18-28-25-17-23(12-13-24(22)25)30-19-21-9-5-2-6-10-21/h1-14,17-18,28H,15-16,19H2,(H,27,29)/b14-11+. The first kappa shape index (κ1) is 19.5. The van der Waals surface area contributed by atoms with Crippen LogP contribution in [0.2, 0.25) is 0 Å². The summed E-state index contributed by atoms with van der Waals surface area (Å²) < 4.78 is 5.90. The molecule has 4 rings (SSSR count). The molecule has 150 valence electrons. The Bertz CT molecular complexity index is 1130. The quantitative estimate of drug-likeness (QED) is 0.406. The van der Waals surface area contributed by atoms with Gasteiger partial charge in [-0.3, -0.25) is 4.79 Å². The van der Waals surface area contributed by atoms with E-state index in [0.717, 1.165) is 34.2 Å². The minimum atomic E-state index is -0.0877. The van der Waals surface area contributed by atoms with Crippen molar-refractivity contribution in [1.82, 2.24) is 10.3 Å². The summed E-state index contributed by atoms with van der Waals surface area (Å²) in [7, 11) is 0. The number of aromatic amines is 1.